The van der Waals surface area contributed by atoms with Gasteiger partial charge in [0.05, 0.1) is 10.7 Å². The van der Waals surface area contributed by atoms with Crippen molar-refractivity contribution < 1.29 is 0 Å². The molecule has 86 valence electrons. The minimum Gasteiger partial charge on any atom is -0.326 e. The third kappa shape index (κ3) is 3.54. The molecule has 0 saturated heterocycles. The standard InChI is InChI=1S/C11H21N3S/c1-8-6-10(14(5)13-8)15-7-9(12)11(2,3)4/h6,9H,7,12H2,1-5H3. The largest absolute Gasteiger partial charge is 0.326 e. The van der Waals surface area contributed by atoms with Crippen LogP contribution in [-0.2, 0) is 7.05 Å². The van der Waals surface area contributed by atoms with E-state index in [9.17, 15) is 0 Å². The molecule has 0 aromatic carbocycles. The van der Waals surface area contributed by atoms with Crippen LogP contribution < -0.4 is 5.73 Å². The lowest BCUT2D eigenvalue weighted by molar-refractivity contribution is 0.344. The number of hydrogen-bond acceptors (Lipinski definition) is 3. The summed E-state index contributed by atoms with van der Waals surface area (Å²) >= 11 is 1.78. The first-order chi connectivity index (χ1) is 6.80. The molecular formula is C11H21N3S. The van der Waals surface area contributed by atoms with Crippen molar-refractivity contribution in [3.63, 3.8) is 0 Å². The summed E-state index contributed by atoms with van der Waals surface area (Å²) in [5.74, 6) is 0.933. The van der Waals surface area contributed by atoms with Gasteiger partial charge in [-0.1, -0.05) is 20.8 Å². The molecule has 0 aliphatic rings. The van der Waals surface area contributed by atoms with Crippen LogP contribution in [0, 0.1) is 12.3 Å². The van der Waals surface area contributed by atoms with E-state index < -0.39 is 0 Å². The summed E-state index contributed by atoms with van der Waals surface area (Å²) in [4.78, 5) is 0. The Bertz CT molecular complexity index is 325. The monoisotopic (exact) mass is 227 g/mol. The molecule has 4 heteroatoms. The Hall–Kier alpha value is -0.480. The zero-order chi connectivity index (χ0) is 11.6. The molecule has 0 spiro atoms. The lowest BCUT2D eigenvalue weighted by atomic mass is 9.89. The highest BCUT2D eigenvalue weighted by Gasteiger charge is 2.20. The van der Waals surface area contributed by atoms with Crippen LogP contribution in [0.5, 0.6) is 0 Å². The Balaban J connectivity index is 2.54. The number of aromatic nitrogens is 2. The molecular weight excluding hydrogens is 206 g/mol. The van der Waals surface area contributed by atoms with Crippen LogP contribution in [-0.4, -0.2) is 21.6 Å². The smallest absolute Gasteiger partial charge is 0.0939 e. The Kier molecular flexibility index (Phi) is 3.84. The topological polar surface area (TPSA) is 43.8 Å². The van der Waals surface area contributed by atoms with Gasteiger partial charge in [-0.15, -0.1) is 11.8 Å². The minimum atomic E-state index is 0.167. The number of nitrogens with two attached hydrogens (primary N) is 1. The van der Waals surface area contributed by atoms with E-state index in [0.717, 1.165) is 11.4 Å². The number of aryl methyl sites for hydroxylation is 2. The summed E-state index contributed by atoms with van der Waals surface area (Å²) < 4.78 is 1.91. The van der Waals surface area contributed by atoms with Gasteiger partial charge in [-0.2, -0.15) is 5.10 Å². The molecule has 1 aromatic rings. The number of hydrogen-bond donors (Lipinski definition) is 1. The first kappa shape index (κ1) is 12.6. The van der Waals surface area contributed by atoms with Gasteiger partial charge in [-0.05, 0) is 18.4 Å². The van der Waals surface area contributed by atoms with Crippen LogP contribution in [0.1, 0.15) is 26.5 Å². The maximum absolute atomic E-state index is 6.10. The summed E-state index contributed by atoms with van der Waals surface area (Å²) in [6.07, 6.45) is 0. The molecule has 1 aromatic heterocycles. The molecule has 0 amide bonds. The summed E-state index contributed by atoms with van der Waals surface area (Å²) in [7, 11) is 1.97. The molecule has 0 radical (unpaired) electrons. The van der Waals surface area contributed by atoms with Gasteiger partial charge < -0.3 is 5.73 Å². The molecule has 0 bridgehead atoms. The lowest BCUT2D eigenvalue weighted by Crippen LogP contribution is -2.37. The summed E-state index contributed by atoms with van der Waals surface area (Å²) in [6.45, 7) is 8.53. The Morgan fingerprint density at radius 3 is 2.53 bits per heavy atom. The molecule has 1 atom stereocenters. The van der Waals surface area contributed by atoms with Crippen LogP contribution in [0.15, 0.2) is 11.1 Å². The molecule has 1 unspecified atom stereocenters. The molecule has 1 rings (SSSR count). The van der Waals surface area contributed by atoms with Crippen molar-refractivity contribution in [1.29, 1.82) is 0 Å². The van der Waals surface area contributed by atoms with Crippen molar-refractivity contribution in [2.45, 2.75) is 38.8 Å². The second-order valence-electron chi connectivity index (χ2n) is 5.03. The fourth-order valence-corrected chi connectivity index (χ4v) is 2.48. The molecule has 2 N–H and O–H groups in total. The van der Waals surface area contributed by atoms with Gasteiger partial charge in [0.15, 0.2) is 0 Å². The normalized spacial score (nSPS) is 14.3. The van der Waals surface area contributed by atoms with Gasteiger partial charge >= 0.3 is 0 Å². The van der Waals surface area contributed by atoms with E-state index in [0.29, 0.717) is 0 Å². The molecule has 0 fully saturated rings. The third-order valence-electron chi connectivity index (χ3n) is 2.48. The van der Waals surface area contributed by atoms with Crippen LogP contribution in [0.2, 0.25) is 0 Å². The fourth-order valence-electron chi connectivity index (χ4n) is 1.15. The fraction of sp³-hybridized carbons (Fsp3) is 0.727. The molecule has 0 aliphatic heterocycles. The first-order valence-corrected chi connectivity index (χ1v) is 6.18. The second-order valence-corrected chi connectivity index (χ2v) is 6.07. The molecule has 15 heavy (non-hydrogen) atoms. The van der Waals surface area contributed by atoms with Crippen molar-refractivity contribution in [1.82, 2.24) is 9.78 Å². The van der Waals surface area contributed by atoms with Gasteiger partial charge in [-0.25, -0.2) is 0 Å². The van der Waals surface area contributed by atoms with Crippen LogP contribution in [0.25, 0.3) is 0 Å². The second kappa shape index (κ2) is 4.58. The number of rotatable bonds is 3. The highest BCUT2D eigenvalue weighted by Crippen LogP contribution is 2.25. The molecule has 3 nitrogen and oxygen atoms in total. The van der Waals surface area contributed by atoms with E-state index in [4.69, 9.17) is 5.73 Å². The number of thioether (sulfide) groups is 1. The first-order valence-electron chi connectivity index (χ1n) is 5.19. The zero-order valence-corrected chi connectivity index (χ0v) is 11.1. The summed E-state index contributed by atoms with van der Waals surface area (Å²) in [6, 6.07) is 2.30. The zero-order valence-electron chi connectivity index (χ0n) is 10.2. The highest BCUT2D eigenvalue weighted by molar-refractivity contribution is 7.99. The quantitative estimate of drug-likeness (QED) is 0.805. The summed E-state index contributed by atoms with van der Waals surface area (Å²) in [5, 5.41) is 5.49. The average molecular weight is 227 g/mol. The van der Waals surface area contributed by atoms with Crippen LogP contribution >= 0.6 is 11.8 Å². The SMILES string of the molecule is Cc1cc(SCC(N)C(C)(C)C)n(C)n1. The van der Waals surface area contributed by atoms with E-state index in [2.05, 4.69) is 31.9 Å². The maximum atomic E-state index is 6.10. The van der Waals surface area contributed by atoms with Crippen LogP contribution in [0.4, 0.5) is 0 Å². The minimum absolute atomic E-state index is 0.167. The van der Waals surface area contributed by atoms with Crippen molar-refractivity contribution in [3.8, 4) is 0 Å². The van der Waals surface area contributed by atoms with Gasteiger partial charge in [0, 0.05) is 18.8 Å². The highest BCUT2D eigenvalue weighted by atomic mass is 32.2. The Labute approximate surface area is 96.4 Å². The van der Waals surface area contributed by atoms with Crippen LogP contribution in [0.3, 0.4) is 0 Å². The third-order valence-corrected chi connectivity index (χ3v) is 3.69. The predicted molar refractivity (Wildman–Crippen MR) is 66.1 cm³/mol. The van der Waals surface area contributed by atoms with E-state index in [-0.39, 0.29) is 11.5 Å². The Morgan fingerprint density at radius 2 is 2.13 bits per heavy atom. The van der Waals surface area contributed by atoms with E-state index >= 15 is 0 Å². The molecule has 0 aliphatic carbocycles. The average Bonchev–Trinajstić information content (AvgIpc) is 2.39. The molecule has 1 heterocycles. The van der Waals surface area contributed by atoms with Gasteiger partial charge in [0.25, 0.3) is 0 Å². The lowest BCUT2D eigenvalue weighted by Gasteiger charge is -2.26. The van der Waals surface area contributed by atoms with E-state index in [1.807, 2.05) is 18.7 Å². The Morgan fingerprint density at radius 1 is 1.53 bits per heavy atom. The van der Waals surface area contributed by atoms with E-state index in [1.165, 1.54) is 5.03 Å². The van der Waals surface area contributed by atoms with Crippen molar-refractivity contribution >= 4 is 11.8 Å². The predicted octanol–water partition coefficient (Wildman–Crippen LogP) is 2.19. The molecule has 0 saturated carbocycles. The van der Waals surface area contributed by atoms with Gasteiger partial charge in [0.1, 0.15) is 0 Å². The van der Waals surface area contributed by atoms with Gasteiger partial charge in [0.2, 0.25) is 0 Å². The summed E-state index contributed by atoms with van der Waals surface area (Å²) in [5.41, 5.74) is 7.33. The number of nitrogens with zero attached hydrogens (tertiary/aromatic N) is 2. The van der Waals surface area contributed by atoms with Gasteiger partial charge in [-0.3, -0.25) is 4.68 Å². The van der Waals surface area contributed by atoms with E-state index in [1.54, 1.807) is 11.8 Å². The van der Waals surface area contributed by atoms with Crippen molar-refractivity contribution in [2.24, 2.45) is 18.2 Å². The van der Waals surface area contributed by atoms with Crippen molar-refractivity contribution in [2.75, 3.05) is 5.75 Å². The maximum Gasteiger partial charge on any atom is 0.0939 e. The van der Waals surface area contributed by atoms with Crippen molar-refractivity contribution in [3.05, 3.63) is 11.8 Å².